The molecule has 1 aromatic heterocycles. The van der Waals surface area contributed by atoms with Crippen molar-refractivity contribution in [2.75, 3.05) is 45.9 Å². The number of rotatable bonds is 9. The third-order valence-electron chi connectivity index (χ3n) is 4.51. The van der Waals surface area contributed by atoms with Crippen molar-refractivity contribution in [3.05, 3.63) is 30.1 Å². The van der Waals surface area contributed by atoms with Crippen molar-refractivity contribution in [1.29, 1.82) is 0 Å². The number of aromatic nitrogens is 1. The fourth-order valence-corrected chi connectivity index (χ4v) is 3.22. The lowest BCUT2D eigenvalue weighted by Crippen LogP contribution is -2.46. The Balaban J connectivity index is 0.00000364. The van der Waals surface area contributed by atoms with Crippen LogP contribution in [-0.4, -0.2) is 67.8 Å². The lowest BCUT2D eigenvalue weighted by molar-refractivity contribution is 0.0143. The molecule has 1 unspecified atom stereocenters. The molecule has 1 fully saturated rings. The third-order valence-corrected chi connectivity index (χ3v) is 4.51. The predicted octanol–water partition coefficient (Wildman–Crippen LogP) is 2.54. The maximum absolute atomic E-state index is 5.51. The lowest BCUT2D eigenvalue weighted by Gasteiger charge is -2.34. The number of guanidine groups is 1. The summed E-state index contributed by atoms with van der Waals surface area (Å²) in [6.07, 6.45) is 3.90. The fraction of sp³-hybridized carbons (Fsp3) is 0.700. The summed E-state index contributed by atoms with van der Waals surface area (Å²) in [7, 11) is 0. The molecule has 0 amide bonds. The molecule has 1 aliphatic heterocycles. The molecular weight excluding hydrogens is 453 g/mol. The summed E-state index contributed by atoms with van der Waals surface area (Å²) >= 11 is 0. The Morgan fingerprint density at radius 2 is 2.04 bits per heavy atom. The number of aliphatic imine (C=N–C) groups is 1. The van der Waals surface area contributed by atoms with E-state index in [0.29, 0.717) is 12.0 Å². The van der Waals surface area contributed by atoms with Gasteiger partial charge in [-0.2, -0.15) is 0 Å². The van der Waals surface area contributed by atoms with Crippen LogP contribution in [0.1, 0.15) is 32.9 Å². The summed E-state index contributed by atoms with van der Waals surface area (Å²) < 4.78 is 5.51. The topological polar surface area (TPSA) is 61.8 Å². The number of nitrogens with zero attached hydrogens (tertiary/aromatic N) is 3. The highest BCUT2D eigenvalue weighted by Crippen LogP contribution is 2.14. The van der Waals surface area contributed by atoms with Gasteiger partial charge >= 0.3 is 0 Å². The molecule has 0 aromatic carbocycles. The molecule has 0 radical (unpaired) electrons. The van der Waals surface area contributed by atoms with Gasteiger partial charge in [-0.05, 0) is 31.4 Å². The Labute approximate surface area is 181 Å². The molecule has 0 bridgehead atoms. The molecule has 6 nitrogen and oxygen atoms in total. The molecule has 2 N–H and O–H groups in total. The summed E-state index contributed by atoms with van der Waals surface area (Å²) in [6, 6.07) is 6.51. The number of nitrogens with one attached hydrogen (secondary N) is 2. The first kappa shape index (κ1) is 24.1. The van der Waals surface area contributed by atoms with E-state index in [0.717, 1.165) is 70.4 Å². The first-order valence-electron chi connectivity index (χ1n) is 9.93. The van der Waals surface area contributed by atoms with E-state index < -0.39 is 0 Å². The molecule has 1 saturated heterocycles. The molecule has 2 heterocycles. The molecule has 0 spiro atoms. The second-order valence-corrected chi connectivity index (χ2v) is 7.15. The second kappa shape index (κ2) is 14.1. The van der Waals surface area contributed by atoms with Gasteiger partial charge in [0, 0.05) is 50.5 Å². The van der Waals surface area contributed by atoms with Crippen LogP contribution in [0.2, 0.25) is 0 Å². The zero-order valence-electron chi connectivity index (χ0n) is 17.0. The quantitative estimate of drug-likeness (QED) is 0.317. The fourth-order valence-electron chi connectivity index (χ4n) is 3.22. The first-order valence-corrected chi connectivity index (χ1v) is 9.93. The average Bonchev–Trinajstić information content (AvgIpc) is 2.66. The summed E-state index contributed by atoms with van der Waals surface area (Å²) in [5.41, 5.74) is 1.10. The zero-order chi connectivity index (χ0) is 18.6. The van der Waals surface area contributed by atoms with Crippen molar-refractivity contribution < 1.29 is 4.74 Å². The molecule has 1 atom stereocenters. The van der Waals surface area contributed by atoms with Crippen LogP contribution in [0.15, 0.2) is 29.4 Å². The molecular formula is C20H36IN5O. The molecule has 7 heteroatoms. The van der Waals surface area contributed by atoms with Gasteiger partial charge in [0.15, 0.2) is 5.96 Å². The van der Waals surface area contributed by atoms with Crippen LogP contribution in [0.25, 0.3) is 0 Å². The highest BCUT2D eigenvalue weighted by molar-refractivity contribution is 14.0. The Morgan fingerprint density at radius 1 is 1.26 bits per heavy atom. The van der Waals surface area contributed by atoms with Crippen molar-refractivity contribution in [2.24, 2.45) is 10.9 Å². The van der Waals surface area contributed by atoms with Gasteiger partial charge < -0.3 is 15.4 Å². The Hall–Kier alpha value is -0.930. The largest absolute Gasteiger partial charge is 0.379 e. The van der Waals surface area contributed by atoms with E-state index in [1.165, 1.54) is 0 Å². The molecule has 1 aromatic rings. The van der Waals surface area contributed by atoms with E-state index in [4.69, 9.17) is 9.73 Å². The number of hydrogen-bond acceptors (Lipinski definition) is 4. The predicted molar refractivity (Wildman–Crippen MR) is 123 cm³/mol. The smallest absolute Gasteiger partial charge is 0.191 e. The van der Waals surface area contributed by atoms with Gasteiger partial charge in [-0.25, -0.2) is 0 Å². The summed E-state index contributed by atoms with van der Waals surface area (Å²) in [4.78, 5) is 11.8. The number of hydrogen-bond donors (Lipinski definition) is 2. The first-order chi connectivity index (χ1) is 12.7. The van der Waals surface area contributed by atoms with Gasteiger partial charge in [-0.1, -0.05) is 19.9 Å². The van der Waals surface area contributed by atoms with E-state index in [1.807, 2.05) is 18.3 Å². The van der Waals surface area contributed by atoms with Gasteiger partial charge in [0.25, 0.3) is 0 Å². The van der Waals surface area contributed by atoms with Crippen molar-refractivity contribution >= 4 is 29.9 Å². The van der Waals surface area contributed by atoms with Crippen LogP contribution in [-0.2, 0) is 11.2 Å². The van der Waals surface area contributed by atoms with E-state index >= 15 is 0 Å². The van der Waals surface area contributed by atoms with Crippen molar-refractivity contribution in [3.8, 4) is 0 Å². The van der Waals surface area contributed by atoms with Crippen LogP contribution >= 0.6 is 24.0 Å². The van der Waals surface area contributed by atoms with Crippen molar-refractivity contribution in [3.63, 3.8) is 0 Å². The average molecular weight is 489 g/mol. The van der Waals surface area contributed by atoms with Crippen LogP contribution < -0.4 is 10.6 Å². The van der Waals surface area contributed by atoms with Crippen LogP contribution in [0.5, 0.6) is 0 Å². The van der Waals surface area contributed by atoms with Crippen LogP contribution in [0.4, 0.5) is 0 Å². The van der Waals surface area contributed by atoms with Gasteiger partial charge in [-0.15, -0.1) is 24.0 Å². The van der Waals surface area contributed by atoms with Gasteiger partial charge in [0.1, 0.15) is 0 Å². The highest BCUT2D eigenvalue weighted by Gasteiger charge is 2.21. The molecule has 27 heavy (non-hydrogen) atoms. The Kier molecular flexibility index (Phi) is 12.6. The Bertz CT molecular complexity index is 520. The number of pyridine rings is 1. The summed E-state index contributed by atoms with van der Waals surface area (Å²) in [5.74, 6) is 1.56. The van der Waals surface area contributed by atoms with Gasteiger partial charge in [-0.3, -0.25) is 14.9 Å². The summed E-state index contributed by atoms with van der Waals surface area (Å²) in [5, 5.41) is 6.79. The molecule has 0 saturated carbocycles. The second-order valence-electron chi connectivity index (χ2n) is 7.15. The standard InChI is InChI=1S/C20H35N5O.HI/c1-4-21-20(23-10-8-18-7-5-6-9-22-18)24-16-19(15-17(2)3)25-11-13-26-14-12-25;/h5-7,9,17,19H,4,8,10-16H2,1-3H3,(H2,21,23,24);1H. The third kappa shape index (κ3) is 9.71. The van der Waals surface area contributed by atoms with E-state index in [-0.39, 0.29) is 24.0 Å². The minimum Gasteiger partial charge on any atom is -0.379 e. The van der Waals surface area contributed by atoms with Crippen LogP contribution in [0.3, 0.4) is 0 Å². The molecule has 2 rings (SSSR count). The van der Waals surface area contributed by atoms with Crippen LogP contribution in [0, 0.1) is 5.92 Å². The molecule has 0 aliphatic carbocycles. The minimum absolute atomic E-state index is 0. The number of morpholine rings is 1. The van der Waals surface area contributed by atoms with E-state index in [2.05, 4.69) is 47.4 Å². The van der Waals surface area contributed by atoms with E-state index in [1.54, 1.807) is 0 Å². The van der Waals surface area contributed by atoms with Gasteiger partial charge in [0.2, 0.25) is 0 Å². The maximum Gasteiger partial charge on any atom is 0.191 e. The Morgan fingerprint density at radius 3 is 2.67 bits per heavy atom. The molecule has 154 valence electrons. The van der Waals surface area contributed by atoms with E-state index in [9.17, 15) is 0 Å². The highest BCUT2D eigenvalue weighted by atomic mass is 127. The number of halogens is 1. The minimum atomic E-state index is 0. The zero-order valence-corrected chi connectivity index (χ0v) is 19.3. The normalized spacial score (nSPS) is 16.7. The van der Waals surface area contributed by atoms with Crippen molar-refractivity contribution in [1.82, 2.24) is 20.5 Å². The maximum atomic E-state index is 5.51. The van der Waals surface area contributed by atoms with Crippen molar-refractivity contribution in [2.45, 2.75) is 39.7 Å². The summed E-state index contributed by atoms with van der Waals surface area (Å²) in [6.45, 7) is 12.9. The monoisotopic (exact) mass is 489 g/mol. The molecule has 1 aliphatic rings. The SMILES string of the molecule is CCNC(=NCC(CC(C)C)N1CCOCC1)NCCc1ccccn1.I. The number of ether oxygens (including phenoxy) is 1. The lowest BCUT2D eigenvalue weighted by atomic mass is 10.0. The van der Waals surface area contributed by atoms with Gasteiger partial charge in [0.05, 0.1) is 19.8 Å².